The van der Waals surface area contributed by atoms with Gasteiger partial charge >= 0.3 is 0 Å². The number of benzene rings is 2. The zero-order valence-corrected chi connectivity index (χ0v) is 12.3. The summed E-state index contributed by atoms with van der Waals surface area (Å²) in [5, 5.41) is -0.292. The van der Waals surface area contributed by atoms with Crippen molar-refractivity contribution < 1.29 is 8.78 Å². The monoisotopic (exact) mass is 378 g/mol. The quantitative estimate of drug-likeness (QED) is 0.515. The third kappa shape index (κ3) is 3.42. The van der Waals surface area contributed by atoms with E-state index in [-0.39, 0.29) is 17.0 Å². The van der Waals surface area contributed by atoms with Gasteiger partial charge in [-0.25, -0.2) is 8.78 Å². The van der Waals surface area contributed by atoms with Gasteiger partial charge in [0, 0.05) is 3.57 Å². The minimum Gasteiger partial charge on any atom is -0.207 e. The van der Waals surface area contributed by atoms with E-state index in [1.54, 1.807) is 12.1 Å². The van der Waals surface area contributed by atoms with Crippen LogP contribution in [0, 0.1) is 15.2 Å². The van der Waals surface area contributed by atoms with Crippen molar-refractivity contribution in [3.05, 3.63) is 68.8 Å². The Kier molecular flexibility index (Phi) is 4.56. The fourth-order valence-electron chi connectivity index (χ4n) is 1.74. The number of hydrogen-bond acceptors (Lipinski definition) is 0. The number of alkyl halides is 1. The Morgan fingerprint density at radius 1 is 1.06 bits per heavy atom. The highest BCUT2D eigenvalue weighted by Crippen LogP contribution is 2.29. The van der Waals surface area contributed by atoms with Crippen molar-refractivity contribution in [2.75, 3.05) is 0 Å². The fraction of sp³-hybridized carbons (Fsp3) is 0.143. The molecule has 1 atom stereocenters. The highest BCUT2D eigenvalue weighted by molar-refractivity contribution is 14.1. The normalized spacial score (nSPS) is 12.4. The molecule has 1 unspecified atom stereocenters. The molecule has 0 saturated carbocycles. The molecule has 18 heavy (non-hydrogen) atoms. The van der Waals surface area contributed by atoms with Crippen LogP contribution in [-0.2, 0) is 6.42 Å². The van der Waals surface area contributed by atoms with E-state index in [2.05, 4.69) is 22.6 Å². The fourth-order valence-corrected chi connectivity index (χ4v) is 3.14. The first-order valence-corrected chi connectivity index (χ1v) is 6.91. The van der Waals surface area contributed by atoms with Crippen molar-refractivity contribution in [3.63, 3.8) is 0 Å². The average molecular weight is 379 g/mol. The molecule has 0 fully saturated rings. The lowest BCUT2D eigenvalue weighted by molar-refractivity contribution is 0.624. The number of rotatable bonds is 3. The summed E-state index contributed by atoms with van der Waals surface area (Å²) in [4.78, 5) is 0. The summed E-state index contributed by atoms with van der Waals surface area (Å²) >= 11 is 8.35. The third-order valence-corrected chi connectivity index (χ3v) is 3.93. The van der Waals surface area contributed by atoms with E-state index in [1.807, 2.05) is 6.07 Å². The first-order chi connectivity index (χ1) is 8.56. The van der Waals surface area contributed by atoms with Crippen molar-refractivity contribution in [1.82, 2.24) is 0 Å². The summed E-state index contributed by atoms with van der Waals surface area (Å²) < 4.78 is 26.8. The summed E-state index contributed by atoms with van der Waals surface area (Å²) in [5.74, 6) is -0.553. The lowest BCUT2D eigenvalue weighted by atomic mass is 10.0. The van der Waals surface area contributed by atoms with Gasteiger partial charge in [-0.05, 0) is 64.4 Å². The summed E-state index contributed by atoms with van der Waals surface area (Å²) in [6.07, 6.45) is 0.515. The van der Waals surface area contributed by atoms with Crippen molar-refractivity contribution in [3.8, 4) is 0 Å². The molecule has 0 bridgehead atoms. The molecule has 4 heteroatoms. The van der Waals surface area contributed by atoms with Crippen LogP contribution >= 0.6 is 34.2 Å². The molecule has 0 aliphatic heterocycles. The topological polar surface area (TPSA) is 0 Å². The maximum absolute atomic E-state index is 13.1. The largest absolute Gasteiger partial charge is 0.207 e. The minimum absolute atomic E-state index is 0.273. The molecule has 0 amide bonds. The Balaban J connectivity index is 2.19. The van der Waals surface area contributed by atoms with E-state index in [0.717, 1.165) is 14.7 Å². The van der Waals surface area contributed by atoms with E-state index in [9.17, 15) is 8.78 Å². The Morgan fingerprint density at radius 3 is 2.44 bits per heavy atom. The first kappa shape index (κ1) is 13.7. The van der Waals surface area contributed by atoms with Crippen molar-refractivity contribution in [2.24, 2.45) is 0 Å². The van der Waals surface area contributed by atoms with Crippen LogP contribution in [0.3, 0.4) is 0 Å². The van der Waals surface area contributed by atoms with Crippen LogP contribution < -0.4 is 0 Å². The SMILES string of the molecule is Fc1cccc(CC(Cl)c2ccc(F)cc2I)c1. The van der Waals surface area contributed by atoms with Gasteiger partial charge in [0.1, 0.15) is 11.6 Å². The molecule has 0 aliphatic carbocycles. The molecule has 0 saturated heterocycles. The van der Waals surface area contributed by atoms with E-state index in [4.69, 9.17) is 11.6 Å². The van der Waals surface area contributed by atoms with Crippen molar-refractivity contribution in [2.45, 2.75) is 11.8 Å². The standard InChI is InChI=1S/C14H10ClF2I/c15-13(7-9-2-1-3-10(16)6-9)12-5-4-11(17)8-14(12)18/h1-6,8,13H,7H2. The molecule has 2 aromatic rings. The smallest absolute Gasteiger partial charge is 0.124 e. The molecule has 0 radical (unpaired) electrons. The van der Waals surface area contributed by atoms with Crippen LogP contribution in [0.4, 0.5) is 8.78 Å². The summed E-state index contributed by atoms with van der Waals surface area (Å²) in [5.41, 5.74) is 1.69. The number of hydrogen-bond donors (Lipinski definition) is 0. The van der Waals surface area contributed by atoms with Crippen LogP contribution in [0.25, 0.3) is 0 Å². The Labute approximate surface area is 123 Å². The molecule has 0 N–H and O–H groups in total. The third-order valence-electron chi connectivity index (χ3n) is 2.60. The van der Waals surface area contributed by atoms with E-state index in [1.165, 1.54) is 24.3 Å². The lowest BCUT2D eigenvalue weighted by Crippen LogP contribution is -1.99. The highest BCUT2D eigenvalue weighted by atomic mass is 127. The predicted octanol–water partition coefficient (Wildman–Crippen LogP) is 5.09. The molecule has 0 spiro atoms. The average Bonchev–Trinajstić information content (AvgIpc) is 2.28. The minimum atomic E-state index is -0.292. The van der Waals surface area contributed by atoms with Gasteiger partial charge in [0.25, 0.3) is 0 Å². The van der Waals surface area contributed by atoms with E-state index < -0.39 is 0 Å². The van der Waals surface area contributed by atoms with Gasteiger partial charge in [0.2, 0.25) is 0 Å². The van der Waals surface area contributed by atoms with E-state index >= 15 is 0 Å². The molecule has 94 valence electrons. The Morgan fingerprint density at radius 2 is 1.78 bits per heavy atom. The second-order valence-corrected chi connectivity index (χ2v) is 5.66. The zero-order chi connectivity index (χ0) is 13.1. The van der Waals surface area contributed by atoms with Crippen LogP contribution in [0.5, 0.6) is 0 Å². The van der Waals surface area contributed by atoms with Crippen LogP contribution in [0.15, 0.2) is 42.5 Å². The van der Waals surface area contributed by atoms with Gasteiger partial charge in [-0.3, -0.25) is 0 Å². The number of halogens is 4. The van der Waals surface area contributed by atoms with Gasteiger partial charge in [0.15, 0.2) is 0 Å². The molecule has 2 rings (SSSR count). The Hall–Kier alpha value is -0.680. The zero-order valence-electron chi connectivity index (χ0n) is 9.34. The van der Waals surface area contributed by atoms with Gasteiger partial charge in [-0.1, -0.05) is 18.2 Å². The molecule has 2 aromatic carbocycles. The Bertz CT molecular complexity index is 557. The molecule has 0 nitrogen and oxygen atoms in total. The maximum atomic E-state index is 13.1. The van der Waals surface area contributed by atoms with Crippen molar-refractivity contribution >= 4 is 34.2 Å². The maximum Gasteiger partial charge on any atom is 0.124 e. The van der Waals surface area contributed by atoms with Gasteiger partial charge in [-0.15, -0.1) is 11.6 Å². The van der Waals surface area contributed by atoms with Crippen LogP contribution in [0.2, 0.25) is 0 Å². The molecule has 0 aliphatic rings. The molecular formula is C14H10ClF2I. The highest BCUT2D eigenvalue weighted by Gasteiger charge is 2.13. The van der Waals surface area contributed by atoms with E-state index in [0.29, 0.717) is 6.42 Å². The summed E-state index contributed by atoms with van der Waals surface area (Å²) in [7, 11) is 0. The lowest BCUT2D eigenvalue weighted by Gasteiger charge is -2.12. The van der Waals surface area contributed by atoms with Crippen LogP contribution in [0.1, 0.15) is 16.5 Å². The van der Waals surface area contributed by atoms with Gasteiger partial charge in [0.05, 0.1) is 5.38 Å². The second-order valence-electron chi connectivity index (χ2n) is 3.97. The van der Waals surface area contributed by atoms with Crippen molar-refractivity contribution in [1.29, 1.82) is 0 Å². The molecular weight excluding hydrogens is 369 g/mol. The van der Waals surface area contributed by atoms with Crippen LogP contribution in [-0.4, -0.2) is 0 Å². The molecule has 0 aromatic heterocycles. The predicted molar refractivity (Wildman–Crippen MR) is 77.8 cm³/mol. The second kappa shape index (κ2) is 5.97. The molecule has 0 heterocycles. The first-order valence-electron chi connectivity index (χ1n) is 5.40. The summed E-state index contributed by atoms with van der Waals surface area (Å²) in [6.45, 7) is 0. The van der Waals surface area contributed by atoms with Gasteiger partial charge < -0.3 is 0 Å². The summed E-state index contributed by atoms with van der Waals surface area (Å²) in [6, 6.07) is 10.8. The van der Waals surface area contributed by atoms with Gasteiger partial charge in [-0.2, -0.15) is 0 Å².